The van der Waals surface area contributed by atoms with Crippen LogP contribution in [0, 0.1) is 0 Å². The second-order valence-electron chi connectivity index (χ2n) is 2.86. The van der Waals surface area contributed by atoms with Gasteiger partial charge in [-0.25, -0.2) is 4.79 Å². The minimum atomic E-state index is -1.07. The normalized spacial score (nSPS) is 9.67. The zero-order valence-electron chi connectivity index (χ0n) is 8.71. The molecule has 6 heteroatoms. The van der Waals surface area contributed by atoms with Crippen LogP contribution in [0.5, 0.6) is 0 Å². The highest BCUT2D eigenvalue weighted by molar-refractivity contribution is 5.86. The molecule has 86 valence electrons. The molecular formula is C9H16N2O4. The SMILES string of the molecule is C=C(CNCC(=O)NCCOC)C(=O)O. The number of nitrogens with one attached hydrogen (secondary N) is 2. The van der Waals surface area contributed by atoms with Crippen molar-refractivity contribution in [2.24, 2.45) is 0 Å². The quantitative estimate of drug-likeness (QED) is 0.357. The molecule has 0 spiro atoms. The third kappa shape index (κ3) is 7.65. The van der Waals surface area contributed by atoms with Crippen LogP contribution in [-0.4, -0.2) is 50.3 Å². The number of rotatable bonds is 8. The second kappa shape index (κ2) is 7.95. The summed E-state index contributed by atoms with van der Waals surface area (Å²) in [6.07, 6.45) is 0. The zero-order valence-corrected chi connectivity index (χ0v) is 8.71. The standard InChI is InChI=1S/C9H16N2O4/c1-7(9(13)14)5-10-6-8(12)11-3-4-15-2/h10H,1,3-6H2,2H3,(H,11,12)(H,13,14). The van der Waals surface area contributed by atoms with Crippen LogP contribution in [0.4, 0.5) is 0 Å². The highest BCUT2D eigenvalue weighted by Crippen LogP contribution is 1.85. The topological polar surface area (TPSA) is 87.7 Å². The molecule has 15 heavy (non-hydrogen) atoms. The van der Waals surface area contributed by atoms with Crippen LogP contribution < -0.4 is 10.6 Å². The molecule has 1 amide bonds. The van der Waals surface area contributed by atoms with E-state index in [1.165, 1.54) is 0 Å². The van der Waals surface area contributed by atoms with Crippen LogP contribution in [0.15, 0.2) is 12.2 Å². The lowest BCUT2D eigenvalue weighted by atomic mass is 10.3. The number of methoxy groups -OCH3 is 1. The summed E-state index contributed by atoms with van der Waals surface area (Å²) in [7, 11) is 1.54. The maximum atomic E-state index is 11.1. The van der Waals surface area contributed by atoms with Crippen LogP contribution in [0.2, 0.25) is 0 Å². The van der Waals surface area contributed by atoms with Gasteiger partial charge < -0.3 is 20.5 Å². The van der Waals surface area contributed by atoms with Gasteiger partial charge in [0.2, 0.25) is 5.91 Å². The summed E-state index contributed by atoms with van der Waals surface area (Å²) in [5.74, 6) is -1.27. The lowest BCUT2D eigenvalue weighted by Crippen LogP contribution is -2.36. The number of hydrogen-bond acceptors (Lipinski definition) is 4. The first-order valence-electron chi connectivity index (χ1n) is 4.45. The maximum Gasteiger partial charge on any atom is 0.332 e. The number of hydrogen-bond donors (Lipinski definition) is 3. The van der Waals surface area contributed by atoms with E-state index in [1.807, 2.05) is 0 Å². The Morgan fingerprint density at radius 1 is 1.40 bits per heavy atom. The molecule has 0 fully saturated rings. The van der Waals surface area contributed by atoms with Crippen LogP contribution in [0.3, 0.4) is 0 Å². The Morgan fingerprint density at radius 3 is 2.60 bits per heavy atom. The summed E-state index contributed by atoms with van der Waals surface area (Å²) in [4.78, 5) is 21.4. The highest BCUT2D eigenvalue weighted by Gasteiger charge is 2.04. The van der Waals surface area contributed by atoms with Gasteiger partial charge in [0.15, 0.2) is 0 Å². The fraction of sp³-hybridized carbons (Fsp3) is 0.556. The first kappa shape index (κ1) is 13.6. The molecule has 0 aromatic carbocycles. The molecule has 0 aromatic heterocycles. The van der Waals surface area contributed by atoms with E-state index in [-0.39, 0.29) is 24.6 Å². The summed E-state index contributed by atoms with van der Waals surface area (Å²) in [6, 6.07) is 0. The molecule has 6 nitrogen and oxygen atoms in total. The average molecular weight is 216 g/mol. The van der Waals surface area contributed by atoms with E-state index >= 15 is 0 Å². The van der Waals surface area contributed by atoms with Gasteiger partial charge in [0.25, 0.3) is 0 Å². The Kier molecular flexibility index (Phi) is 7.21. The Balaban J connectivity index is 3.47. The van der Waals surface area contributed by atoms with Crippen molar-refractivity contribution in [3.05, 3.63) is 12.2 Å². The monoisotopic (exact) mass is 216 g/mol. The number of carboxylic acids is 1. The molecule has 0 aliphatic rings. The summed E-state index contributed by atoms with van der Waals surface area (Å²) < 4.78 is 4.74. The number of aliphatic carboxylic acids is 1. The third-order valence-corrected chi connectivity index (χ3v) is 1.55. The molecule has 0 heterocycles. The first-order chi connectivity index (χ1) is 7.07. The zero-order chi connectivity index (χ0) is 11.7. The minimum Gasteiger partial charge on any atom is -0.478 e. The predicted octanol–water partition coefficient (Wildman–Crippen LogP) is -1.02. The van der Waals surface area contributed by atoms with E-state index in [9.17, 15) is 9.59 Å². The van der Waals surface area contributed by atoms with Crippen molar-refractivity contribution in [3.8, 4) is 0 Å². The molecule has 0 atom stereocenters. The third-order valence-electron chi connectivity index (χ3n) is 1.55. The number of ether oxygens (including phenoxy) is 1. The fourth-order valence-corrected chi connectivity index (χ4v) is 0.758. The Labute approximate surface area is 88.3 Å². The highest BCUT2D eigenvalue weighted by atomic mass is 16.5. The van der Waals surface area contributed by atoms with Crippen LogP contribution in [0.1, 0.15) is 0 Å². The second-order valence-corrected chi connectivity index (χ2v) is 2.86. The molecular weight excluding hydrogens is 200 g/mol. The molecule has 0 unspecified atom stereocenters. The van der Waals surface area contributed by atoms with Crippen LogP contribution in [-0.2, 0) is 14.3 Å². The van der Waals surface area contributed by atoms with Crippen LogP contribution >= 0.6 is 0 Å². The van der Waals surface area contributed by atoms with E-state index in [0.29, 0.717) is 13.2 Å². The molecule has 0 saturated carbocycles. The molecule has 0 aliphatic heterocycles. The van der Waals surface area contributed by atoms with Gasteiger partial charge in [-0.15, -0.1) is 0 Å². The fourth-order valence-electron chi connectivity index (χ4n) is 0.758. The molecule has 0 aliphatic carbocycles. The lowest BCUT2D eigenvalue weighted by molar-refractivity contribution is -0.132. The number of carboxylic acid groups (broad SMARTS) is 1. The van der Waals surface area contributed by atoms with Gasteiger partial charge >= 0.3 is 5.97 Å². The largest absolute Gasteiger partial charge is 0.478 e. The molecule has 0 rings (SSSR count). The summed E-state index contributed by atoms with van der Waals surface area (Å²) >= 11 is 0. The van der Waals surface area contributed by atoms with Gasteiger partial charge in [0, 0.05) is 25.8 Å². The van der Waals surface area contributed by atoms with E-state index < -0.39 is 5.97 Å². The summed E-state index contributed by atoms with van der Waals surface area (Å²) in [5, 5.41) is 13.7. The summed E-state index contributed by atoms with van der Waals surface area (Å²) in [6.45, 7) is 4.36. The number of carbonyl (C=O) groups excluding carboxylic acids is 1. The smallest absolute Gasteiger partial charge is 0.332 e. The first-order valence-corrected chi connectivity index (χ1v) is 4.45. The Hall–Kier alpha value is -1.40. The van der Waals surface area contributed by atoms with Crippen molar-refractivity contribution in [3.63, 3.8) is 0 Å². The molecule has 0 saturated heterocycles. The van der Waals surface area contributed by atoms with Gasteiger partial charge in [-0.2, -0.15) is 0 Å². The van der Waals surface area contributed by atoms with Crippen molar-refractivity contribution >= 4 is 11.9 Å². The van der Waals surface area contributed by atoms with Gasteiger partial charge in [-0.1, -0.05) is 6.58 Å². The van der Waals surface area contributed by atoms with Crippen LogP contribution in [0.25, 0.3) is 0 Å². The van der Waals surface area contributed by atoms with E-state index in [2.05, 4.69) is 17.2 Å². The predicted molar refractivity (Wildman–Crippen MR) is 54.5 cm³/mol. The molecule has 0 radical (unpaired) electrons. The van der Waals surface area contributed by atoms with Crippen molar-refractivity contribution < 1.29 is 19.4 Å². The van der Waals surface area contributed by atoms with Crippen molar-refractivity contribution in [1.29, 1.82) is 0 Å². The van der Waals surface area contributed by atoms with E-state index in [1.54, 1.807) is 7.11 Å². The minimum absolute atomic E-state index is 0.0275. The lowest BCUT2D eigenvalue weighted by Gasteiger charge is -2.05. The van der Waals surface area contributed by atoms with Crippen molar-refractivity contribution in [2.75, 3.05) is 33.4 Å². The Morgan fingerprint density at radius 2 is 2.07 bits per heavy atom. The molecule has 0 aromatic rings. The number of amides is 1. The Bertz CT molecular complexity index is 240. The van der Waals surface area contributed by atoms with Gasteiger partial charge in [-0.05, 0) is 0 Å². The van der Waals surface area contributed by atoms with Crippen molar-refractivity contribution in [2.45, 2.75) is 0 Å². The van der Waals surface area contributed by atoms with Crippen molar-refractivity contribution in [1.82, 2.24) is 10.6 Å². The average Bonchev–Trinajstić information content (AvgIpc) is 2.18. The summed E-state index contributed by atoms with van der Waals surface area (Å²) in [5.41, 5.74) is 0.0275. The van der Waals surface area contributed by atoms with E-state index in [4.69, 9.17) is 9.84 Å². The maximum absolute atomic E-state index is 11.1. The molecule has 3 N–H and O–H groups in total. The number of carbonyl (C=O) groups is 2. The van der Waals surface area contributed by atoms with Gasteiger partial charge in [0.05, 0.1) is 13.2 Å². The molecule has 0 bridgehead atoms. The van der Waals surface area contributed by atoms with Gasteiger partial charge in [0.1, 0.15) is 0 Å². The van der Waals surface area contributed by atoms with Gasteiger partial charge in [-0.3, -0.25) is 4.79 Å². The van der Waals surface area contributed by atoms with E-state index in [0.717, 1.165) is 0 Å².